The average Bonchev–Trinajstić information content (AvgIpc) is 2.32. The first-order valence-corrected chi connectivity index (χ1v) is 6.41. The van der Waals surface area contributed by atoms with E-state index in [9.17, 15) is 13.6 Å². The summed E-state index contributed by atoms with van der Waals surface area (Å²) in [6.45, 7) is 6.43. The Morgan fingerprint density at radius 2 is 1.95 bits per heavy atom. The first kappa shape index (κ1) is 15.6. The van der Waals surface area contributed by atoms with Crippen LogP contribution in [0.15, 0.2) is 18.2 Å². The Labute approximate surface area is 112 Å². The number of halogens is 2. The molecular formula is C14H20F2N2O. The third-order valence-electron chi connectivity index (χ3n) is 2.87. The molecular weight excluding hydrogens is 250 g/mol. The zero-order valence-electron chi connectivity index (χ0n) is 11.5. The van der Waals surface area contributed by atoms with Crippen molar-refractivity contribution in [2.24, 2.45) is 0 Å². The maximum Gasteiger partial charge on any atom is 0.222 e. The van der Waals surface area contributed by atoms with Crippen molar-refractivity contribution in [1.29, 1.82) is 0 Å². The second-order valence-electron chi connectivity index (χ2n) is 4.63. The Kier molecular flexibility index (Phi) is 5.89. The summed E-state index contributed by atoms with van der Waals surface area (Å²) < 4.78 is 25.9. The van der Waals surface area contributed by atoms with E-state index in [0.29, 0.717) is 12.0 Å². The maximum atomic E-state index is 13.1. The summed E-state index contributed by atoms with van der Waals surface area (Å²) in [6.07, 6.45) is 0.349. The summed E-state index contributed by atoms with van der Waals surface area (Å²) in [5.41, 5.74) is 0.545. The first-order chi connectivity index (χ1) is 8.93. The predicted molar refractivity (Wildman–Crippen MR) is 70.7 cm³/mol. The van der Waals surface area contributed by atoms with Gasteiger partial charge in [-0.1, -0.05) is 13.0 Å². The third-order valence-corrected chi connectivity index (χ3v) is 2.87. The summed E-state index contributed by atoms with van der Waals surface area (Å²) in [4.78, 5) is 11.7. The van der Waals surface area contributed by atoms with Crippen LogP contribution in [0.25, 0.3) is 0 Å². The highest BCUT2D eigenvalue weighted by Crippen LogP contribution is 2.16. The van der Waals surface area contributed by atoms with E-state index in [1.807, 2.05) is 13.8 Å². The van der Waals surface area contributed by atoms with Crippen molar-refractivity contribution >= 4 is 5.91 Å². The second kappa shape index (κ2) is 7.19. The van der Waals surface area contributed by atoms with E-state index in [0.717, 1.165) is 18.7 Å². The lowest BCUT2D eigenvalue weighted by molar-refractivity contribution is -0.122. The lowest BCUT2D eigenvalue weighted by Gasteiger charge is -2.17. The van der Waals surface area contributed by atoms with Gasteiger partial charge in [0.1, 0.15) is 0 Å². The molecule has 0 aromatic heterocycles. The minimum atomic E-state index is -0.903. The van der Waals surface area contributed by atoms with Crippen molar-refractivity contribution < 1.29 is 13.6 Å². The molecule has 5 heteroatoms. The molecule has 1 rings (SSSR count). The summed E-state index contributed by atoms with van der Waals surface area (Å²) in [6, 6.07) is 3.37. The van der Waals surface area contributed by atoms with Crippen LogP contribution in [0.4, 0.5) is 8.78 Å². The minimum absolute atomic E-state index is 0.0853. The summed E-state index contributed by atoms with van der Waals surface area (Å²) in [5, 5.41) is 5.90. The fraction of sp³-hybridized carbons (Fsp3) is 0.500. The van der Waals surface area contributed by atoms with Crippen molar-refractivity contribution in [3.05, 3.63) is 35.4 Å². The van der Waals surface area contributed by atoms with E-state index in [1.165, 1.54) is 6.07 Å². The summed E-state index contributed by atoms with van der Waals surface area (Å²) in [5.74, 6) is -1.91. The molecule has 1 aromatic rings. The van der Waals surface area contributed by atoms with Crippen molar-refractivity contribution in [1.82, 2.24) is 10.6 Å². The van der Waals surface area contributed by atoms with Gasteiger partial charge in [0.15, 0.2) is 11.6 Å². The van der Waals surface area contributed by atoms with E-state index in [1.54, 1.807) is 6.92 Å². The Balaban J connectivity index is 2.56. The fourth-order valence-electron chi connectivity index (χ4n) is 1.86. The van der Waals surface area contributed by atoms with Crippen molar-refractivity contribution in [2.45, 2.75) is 39.3 Å². The fourth-order valence-corrected chi connectivity index (χ4v) is 1.86. The number of nitrogens with one attached hydrogen (secondary N) is 2. The Morgan fingerprint density at radius 3 is 2.53 bits per heavy atom. The molecule has 0 fully saturated rings. The van der Waals surface area contributed by atoms with Crippen LogP contribution in [-0.2, 0) is 4.79 Å². The van der Waals surface area contributed by atoms with Crippen LogP contribution < -0.4 is 10.6 Å². The largest absolute Gasteiger partial charge is 0.350 e. The highest BCUT2D eigenvalue weighted by atomic mass is 19.2. The number of hydrogen-bond donors (Lipinski definition) is 2. The van der Waals surface area contributed by atoms with Crippen LogP contribution in [0.5, 0.6) is 0 Å². The van der Waals surface area contributed by atoms with Crippen LogP contribution in [0.1, 0.15) is 38.8 Å². The molecule has 0 spiro atoms. The smallest absolute Gasteiger partial charge is 0.222 e. The SMILES string of the molecule is CCNC(C)CC(=O)NC(C)c1ccc(F)c(F)c1. The van der Waals surface area contributed by atoms with Crippen LogP contribution in [0.3, 0.4) is 0 Å². The number of amides is 1. The van der Waals surface area contributed by atoms with Gasteiger partial charge in [-0.25, -0.2) is 8.78 Å². The Morgan fingerprint density at radius 1 is 1.26 bits per heavy atom. The normalized spacial score (nSPS) is 13.9. The highest BCUT2D eigenvalue weighted by Gasteiger charge is 2.13. The van der Waals surface area contributed by atoms with E-state index >= 15 is 0 Å². The Bertz CT molecular complexity index is 437. The van der Waals surface area contributed by atoms with Gasteiger partial charge in [0.05, 0.1) is 6.04 Å². The molecule has 19 heavy (non-hydrogen) atoms. The molecule has 0 saturated heterocycles. The topological polar surface area (TPSA) is 41.1 Å². The zero-order chi connectivity index (χ0) is 14.4. The van der Waals surface area contributed by atoms with Gasteiger partial charge in [0.25, 0.3) is 0 Å². The summed E-state index contributed by atoms with van der Waals surface area (Å²) >= 11 is 0. The van der Waals surface area contributed by atoms with Crippen molar-refractivity contribution in [3.63, 3.8) is 0 Å². The second-order valence-corrected chi connectivity index (χ2v) is 4.63. The molecule has 0 aliphatic rings. The first-order valence-electron chi connectivity index (χ1n) is 6.41. The Hall–Kier alpha value is -1.49. The van der Waals surface area contributed by atoms with Gasteiger partial charge in [0, 0.05) is 12.5 Å². The van der Waals surface area contributed by atoms with Gasteiger partial charge in [0.2, 0.25) is 5.91 Å². The van der Waals surface area contributed by atoms with Crippen LogP contribution in [0.2, 0.25) is 0 Å². The number of hydrogen-bond acceptors (Lipinski definition) is 2. The molecule has 2 atom stereocenters. The van der Waals surface area contributed by atoms with E-state index in [4.69, 9.17) is 0 Å². The highest BCUT2D eigenvalue weighted by molar-refractivity contribution is 5.77. The lowest BCUT2D eigenvalue weighted by atomic mass is 10.1. The molecule has 0 bridgehead atoms. The molecule has 0 aliphatic carbocycles. The quantitative estimate of drug-likeness (QED) is 0.834. The molecule has 0 saturated carbocycles. The van der Waals surface area contributed by atoms with Crippen LogP contribution >= 0.6 is 0 Å². The van der Waals surface area contributed by atoms with Gasteiger partial charge in [-0.05, 0) is 38.1 Å². The van der Waals surface area contributed by atoms with Crippen molar-refractivity contribution in [3.8, 4) is 0 Å². The number of carbonyl (C=O) groups is 1. The van der Waals surface area contributed by atoms with Crippen molar-refractivity contribution in [2.75, 3.05) is 6.54 Å². The van der Waals surface area contributed by atoms with Gasteiger partial charge >= 0.3 is 0 Å². The lowest BCUT2D eigenvalue weighted by Crippen LogP contribution is -2.34. The number of benzene rings is 1. The molecule has 0 aliphatic heterocycles. The molecule has 0 heterocycles. The average molecular weight is 270 g/mol. The third kappa shape index (κ3) is 4.95. The maximum absolute atomic E-state index is 13.1. The molecule has 1 aromatic carbocycles. The number of carbonyl (C=O) groups excluding carboxylic acids is 1. The number of rotatable bonds is 6. The zero-order valence-corrected chi connectivity index (χ0v) is 11.5. The standard InChI is InChI=1S/C14H20F2N2O/c1-4-17-9(2)7-14(19)18-10(3)11-5-6-12(15)13(16)8-11/h5-6,8-10,17H,4,7H2,1-3H3,(H,18,19). The van der Waals surface area contributed by atoms with E-state index in [-0.39, 0.29) is 18.0 Å². The monoisotopic (exact) mass is 270 g/mol. The van der Waals surface area contributed by atoms with Crippen LogP contribution in [0, 0.1) is 11.6 Å². The van der Waals surface area contributed by atoms with Gasteiger partial charge < -0.3 is 10.6 Å². The molecule has 0 radical (unpaired) electrons. The molecule has 3 nitrogen and oxygen atoms in total. The van der Waals surface area contributed by atoms with Crippen LogP contribution in [-0.4, -0.2) is 18.5 Å². The van der Waals surface area contributed by atoms with Gasteiger partial charge in [-0.15, -0.1) is 0 Å². The van der Waals surface area contributed by atoms with Gasteiger partial charge in [-0.3, -0.25) is 4.79 Å². The summed E-state index contributed by atoms with van der Waals surface area (Å²) in [7, 11) is 0. The molecule has 106 valence electrons. The minimum Gasteiger partial charge on any atom is -0.350 e. The molecule has 2 N–H and O–H groups in total. The van der Waals surface area contributed by atoms with E-state index in [2.05, 4.69) is 10.6 Å². The predicted octanol–water partition coefficient (Wildman–Crippen LogP) is 2.53. The van der Waals surface area contributed by atoms with E-state index < -0.39 is 11.6 Å². The molecule has 2 unspecified atom stereocenters. The molecule has 1 amide bonds. The van der Waals surface area contributed by atoms with Gasteiger partial charge in [-0.2, -0.15) is 0 Å².